The fraction of sp³-hybridized carbons (Fsp3) is 0.500. The molecule has 0 spiro atoms. The van der Waals surface area contributed by atoms with Crippen molar-refractivity contribution < 1.29 is 0 Å². The molecule has 1 aromatic heterocycles. The third kappa shape index (κ3) is 2.50. The number of hydrogen-bond donors (Lipinski definition) is 0. The van der Waals surface area contributed by atoms with Crippen molar-refractivity contribution in [2.24, 2.45) is 11.3 Å². The molecule has 0 radical (unpaired) electrons. The summed E-state index contributed by atoms with van der Waals surface area (Å²) in [6.45, 7) is 2.29. The minimum Gasteiger partial charge on any atom is -0.241 e. The second kappa shape index (κ2) is 4.94. The fourth-order valence-electron chi connectivity index (χ4n) is 2.93. The summed E-state index contributed by atoms with van der Waals surface area (Å²) < 4.78 is 1.23. The van der Waals surface area contributed by atoms with Gasteiger partial charge < -0.3 is 0 Å². The van der Waals surface area contributed by atoms with Crippen LogP contribution in [0.15, 0.2) is 24.3 Å². The molecule has 2 aromatic rings. The van der Waals surface area contributed by atoms with E-state index in [1.165, 1.54) is 17.5 Å². The Labute approximate surface area is 118 Å². The molecular formula is C16H18N2S. The monoisotopic (exact) mass is 270 g/mol. The van der Waals surface area contributed by atoms with Gasteiger partial charge in [-0.05, 0) is 43.7 Å². The van der Waals surface area contributed by atoms with Crippen LogP contribution < -0.4 is 0 Å². The molecule has 3 rings (SSSR count). The van der Waals surface area contributed by atoms with Crippen molar-refractivity contribution in [3.8, 4) is 6.07 Å². The van der Waals surface area contributed by atoms with Crippen LogP contribution in [0.2, 0.25) is 0 Å². The molecule has 0 bridgehead atoms. The standard InChI is InChI=1S/C16H18N2S/c1-12-6-8-16(11-17,9-7-12)10-15-18-13-4-2-3-5-14(13)19-15/h2-5,12H,6-10H2,1H3. The minimum absolute atomic E-state index is 0.166. The van der Waals surface area contributed by atoms with Crippen molar-refractivity contribution in [1.29, 1.82) is 5.26 Å². The van der Waals surface area contributed by atoms with Crippen LogP contribution in [0, 0.1) is 22.7 Å². The molecule has 1 aromatic carbocycles. The molecule has 3 heteroatoms. The number of benzene rings is 1. The highest BCUT2D eigenvalue weighted by Gasteiger charge is 2.35. The second-order valence-electron chi connectivity index (χ2n) is 5.83. The Morgan fingerprint density at radius 1 is 1.37 bits per heavy atom. The molecular weight excluding hydrogens is 252 g/mol. The van der Waals surface area contributed by atoms with E-state index in [-0.39, 0.29) is 5.41 Å². The van der Waals surface area contributed by atoms with Gasteiger partial charge in [0.05, 0.1) is 26.7 Å². The number of para-hydroxylation sites is 1. The van der Waals surface area contributed by atoms with Gasteiger partial charge in [0.2, 0.25) is 0 Å². The third-order valence-electron chi connectivity index (χ3n) is 4.30. The lowest BCUT2D eigenvalue weighted by atomic mass is 9.70. The number of thiazole rings is 1. The average molecular weight is 270 g/mol. The average Bonchev–Trinajstić information content (AvgIpc) is 2.83. The largest absolute Gasteiger partial charge is 0.241 e. The molecule has 0 saturated heterocycles. The van der Waals surface area contributed by atoms with Crippen LogP contribution in [0.1, 0.15) is 37.6 Å². The summed E-state index contributed by atoms with van der Waals surface area (Å²) in [4.78, 5) is 4.69. The van der Waals surface area contributed by atoms with E-state index in [9.17, 15) is 5.26 Å². The van der Waals surface area contributed by atoms with Crippen LogP contribution in [-0.2, 0) is 6.42 Å². The van der Waals surface area contributed by atoms with Gasteiger partial charge >= 0.3 is 0 Å². The van der Waals surface area contributed by atoms with E-state index in [0.717, 1.165) is 35.7 Å². The zero-order valence-electron chi connectivity index (χ0n) is 11.2. The molecule has 1 saturated carbocycles. The lowest BCUT2D eigenvalue weighted by Crippen LogP contribution is -2.27. The van der Waals surface area contributed by atoms with Gasteiger partial charge in [0.1, 0.15) is 0 Å². The Kier molecular flexibility index (Phi) is 3.28. The smallest absolute Gasteiger partial charge is 0.0954 e. The normalized spacial score (nSPS) is 27.3. The molecule has 98 valence electrons. The summed E-state index contributed by atoms with van der Waals surface area (Å²) in [7, 11) is 0. The first kappa shape index (κ1) is 12.6. The highest BCUT2D eigenvalue weighted by atomic mass is 32.1. The molecule has 1 heterocycles. The summed E-state index contributed by atoms with van der Waals surface area (Å²) in [6.07, 6.45) is 5.24. The summed E-state index contributed by atoms with van der Waals surface area (Å²) in [5, 5.41) is 10.7. The number of rotatable bonds is 2. The Balaban J connectivity index is 1.85. The van der Waals surface area contributed by atoms with E-state index in [0.29, 0.717) is 0 Å². The number of hydrogen-bond acceptors (Lipinski definition) is 3. The number of nitriles is 1. The van der Waals surface area contributed by atoms with E-state index in [2.05, 4.69) is 30.1 Å². The van der Waals surface area contributed by atoms with E-state index in [1.54, 1.807) is 11.3 Å². The lowest BCUT2D eigenvalue weighted by Gasteiger charge is -2.32. The maximum Gasteiger partial charge on any atom is 0.0954 e. The van der Waals surface area contributed by atoms with Crippen molar-refractivity contribution in [1.82, 2.24) is 4.98 Å². The van der Waals surface area contributed by atoms with Gasteiger partial charge in [0.25, 0.3) is 0 Å². The third-order valence-corrected chi connectivity index (χ3v) is 5.33. The number of nitrogens with zero attached hydrogens (tertiary/aromatic N) is 2. The quantitative estimate of drug-likeness (QED) is 0.802. The van der Waals surface area contributed by atoms with Crippen LogP contribution in [-0.4, -0.2) is 4.98 Å². The van der Waals surface area contributed by atoms with Crippen molar-refractivity contribution >= 4 is 21.6 Å². The molecule has 0 amide bonds. The van der Waals surface area contributed by atoms with Crippen molar-refractivity contribution in [2.75, 3.05) is 0 Å². The van der Waals surface area contributed by atoms with Gasteiger partial charge in [-0.1, -0.05) is 19.1 Å². The maximum absolute atomic E-state index is 9.59. The molecule has 1 aliphatic carbocycles. The van der Waals surface area contributed by atoms with Gasteiger partial charge in [0.15, 0.2) is 0 Å². The lowest BCUT2D eigenvalue weighted by molar-refractivity contribution is 0.219. The van der Waals surface area contributed by atoms with Crippen LogP contribution in [0.4, 0.5) is 0 Å². The number of aromatic nitrogens is 1. The molecule has 2 nitrogen and oxygen atoms in total. The van der Waals surface area contributed by atoms with Gasteiger partial charge in [-0.3, -0.25) is 0 Å². The van der Waals surface area contributed by atoms with Crippen molar-refractivity contribution in [3.05, 3.63) is 29.3 Å². The molecule has 0 aliphatic heterocycles. The molecule has 0 unspecified atom stereocenters. The second-order valence-corrected chi connectivity index (χ2v) is 6.94. The molecule has 0 atom stereocenters. The Morgan fingerprint density at radius 3 is 2.79 bits per heavy atom. The van der Waals surface area contributed by atoms with Gasteiger partial charge in [-0.2, -0.15) is 5.26 Å². The Hall–Kier alpha value is -1.40. The van der Waals surface area contributed by atoms with Crippen molar-refractivity contribution in [3.63, 3.8) is 0 Å². The first-order chi connectivity index (χ1) is 9.21. The predicted molar refractivity (Wildman–Crippen MR) is 79.0 cm³/mol. The van der Waals surface area contributed by atoms with E-state index < -0.39 is 0 Å². The summed E-state index contributed by atoms with van der Waals surface area (Å²) in [5.74, 6) is 0.775. The van der Waals surface area contributed by atoms with E-state index in [4.69, 9.17) is 0 Å². The number of fused-ring (bicyclic) bond motifs is 1. The molecule has 1 aliphatic rings. The predicted octanol–water partition coefficient (Wildman–Crippen LogP) is 4.56. The summed E-state index contributed by atoms with van der Waals surface area (Å²) >= 11 is 1.74. The topological polar surface area (TPSA) is 36.7 Å². The Morgan fingerprint density at radius 2 is 2.11 bits per heavy atom. The fourth-order valence-corrected chi connectivity index (χ4v) is 4.04. The summed E-state index contributed by atoms with van der Waals surface area (Å²) in [6, 6.07) is 10.8. The SMILES string of the molecule is CC1CCC(C#N)(Cc2nc3ccccc3s2)CC1. The zero-order chi connectivity index (χ0) is 13.3. The first-order valence-electron chi connectivity index (χ1n) is 6.96. The molecule has 19 heavy (non-hydrogen) atoms. The highest BCUT2D eigenvalue weighted by Crippen LogP contribution is 2.41. The van der Waals surface area contributed by atoms with E-state index in [1.807, 2.05) is 12.1 Å². The van der Waals surface area contributed by atoms with Crippen LogP contribution >= 0.6 is 11.3 Å². The minimum atomic E-state index is -0.166. The summed E-state index contributed by atoms with van der Waals surface area (Å²) in [5.41, 5.74) is 0.903. The van der Waals surface area contributed by atoms with Gasteiger partial charge in [-0.25, -0.2) is 4.98 Å². The van der Waals surface area contributed by atoms with E-state index >= 15 is 0 Å². The van der Waals surface area contributed by atoms with Gasteiger partial charge in [-0.15, -0.1) is 11.3 Å². The molecule has 0 N–H and O–H groups in total. The van der Waals surface area contributed by atoms with Crippen molar-refractivity contribution in [2.45, 2.75) is 39.0 Å². The van der Waals surface area contributed by atoms with Crippen LogP contribution in [0.5, 0.6) is 0 Å². The van der Waals surface area contributed by atoms with Crippen LogP contribution in [0.3, 0.4) is 0 Å². The Bertz CT molecular complexity index is 582. The highest BCUT2D eigenvalue weighted by molar-refractivity contribution is 7.18. The maximum atomic E-state index is 9.59. The zero-order valence-corrected chi connectivity index (χ0v) is 12.0. The van der Waals surface area contributed by atoms with Gasteiger partial charge in [0, 0.05) is 6.42 Å². The first-order valence-corrected chi connectivity index (χ1v) is 7.78. The van der Waals surface area contributed by atoms with Crippen LogP contribution in [0.25, 0.3) is 10.2 Å². The molecule has 1 fully saturated rings.